The van der Waals surface area contributed by atoms with Crippen molar-refractivity contribution in [2.75, 3.05) is 0 Å². The number of hydrogen-bond acceptors (Lipinski definition) is 0. The maximum absolute atomic E-state index is 4.53. The van der Waals surface area contributed by atoms with Gasteiger partial charge in [-0.05, 0) is 0 Å². The van der Waals surface area contributed by atoms with E-state index in [-0.39, 0.29) is 0 Å². The van der Waals surface area contributed by atoms with Gasteiger partial charge in [0.05, 0.1) is 0 Å². The van der Waals surface area contributed by atoms with Gasteiger partial charge in [0.1, 0.15) is 0 Å². The van der Waals surface area contributed by atoms with Gasteiger partial charge in [-0.15, -0.1) is 0 Å². The van der Waals surface area contributed by atoms with E-state index in [0.29, 0.717) is 0 Å². The van der Waals surface area contributed by atoms with E-state index in [1.807, 2.05) is 0 Å². The maximum atomic E-state index is 4.53. The molecule has 0 aliphatic heterocycles. The fraction of sp³-hybridized carbons (Fsp3) is 0.250. The Bertz CT molecular complexity index is 344. The standard InChI is InChI=1S/2C5H5.CH3.CH2.Ta/c2*1-2-4-5-3-1;;;/h2*1-3H,4H2;1H3;1H2;. The van der Waals surface area contributed by atoms with E-state index in [4.69, 9.17) is 0 Å². The second kappa shape index (κ2) is 3.38. The summed E-state index contributed by atoms with van der Waals surface area (Å²) in [4.78, 5) is 0. The Morgan fingerprint density at radius 3 is 1.85 bits per heavy atom. The van der Waals surface area contributed by atoms with Gasteiger partial charge in [0.2, 0.25) is 0 Å². The molecule has 0 radical (unpaired) electrons. The van der Waals surface area contributed by atoms with Gasteiger partial charge in [0, 0.05) is 0 Å². The van der Waals surface area contributed by atoms with Crippen LogP contribution in [0.2, 0.25) is 5.14 Å². The Balaban J connectivity index is 2.26. The van der Waals surface area contributed by atoms with Crippen LogP contribution >= 0.6 is 0 Å². The zero-order chi connectivity index (χ0) is 9.31. The summed E-state index contributed by atoms with van der Waals surface area (Å²) in [6.07, 6.45) is 15.8. The molecule has 2 rings (SSSR count). The van der Waals surface area contributed by atoms with Gasteiger partial charge in [0.25, 0.3) is 0 Å². The molecule has 0 bridgehead atoms. The van der Waals surface area contributed by atoms with Crippen molar-refractivity contribution in [2.45, 2.75) is 18.0 Å². The molecular weight excluding hydrogens is 325 g/mol. The third-order valence-electron chi connectivity index (χ3n) is 2.77. The number of allylic oxidation sites excluding steroid dienone is 8. The third-order valence-corrected chi connectivity index (χ3v) is 14.3. The van der Waals surface area contributed by atoms with Gasteiger partial charge in [-0.2, -0.15) is 0 Å². The van der Waals surface area contributed by atoms with Gasteiger partial charge >= 0.3 is 83.4 Å². The molecule has 68 valence electrons. The quantitative estimate of drug-likeness (QED) is 0.724. The average Bonchev–Trinajstić information content (AvgIpc) is 2.78. The fourth-order valence-corrected chi connectivity index (χ4v) is 9.75. The molecule has 0 atom stereocenters. The van der Waals surface area contributed by atoms with E-state index in [2.05, 4.69) is 46.3 Å². The first kappa shape index (κ1) is 9.14. The zero-order valence-corrected chi connectivity index (χ0v) is 11.2. The van der Waals surface area contributed by atoms with Crippen molar-refractivity contribution >= 4 is 4.73 Å². The molecule has 1 heteroatoms. The van der Waals surface area contributed by atoms with Crippen molar-refractivity contribution in [1.29, 1.82) is 0 Å². The SMILES string of the molecule is [CH2]=[Ta]([CH3])([C]1=CC=CC1)[C]1=CC=CC1. The molecule has 2 aliphatic rings. The average molecular weight is 340 g/mol. The van der Waals surface area contributed by atoms with Crippen molar-refractivity contribution < 1.29 is 16.7 Å². The normalized spacial score (nSPS) is 20.7. The molecule has 0 saturated carbocycles. The van der Waals surface area contributed by atoms with Crippen molar-refractivity contribution in [3.63, 3.8) is 0 Å². The Morgan fingerprint density at radius 2 is 1.54 bits per heavy atom. The van der Waals surface area contributed by atoms with Gasteiger partial charge in [-0.25, -0.2) is 0 Å². The summed E-state index contributed by atoms with van der Waals surface area (Å²) < 4.78 is 7.83. The summed E-state index contributed by atoms with van der Waals surface area (Å²) >= 11 is -2.31. The molecule has 0 aromatic rings. The molecule has 0 fully saturated rings. The van der Waals surface area contributed by atoms with Crippen LogP contribution < -0.4 is 0 Å². The van der Waals surface area contributed by atoms with Crippen molar-refractivity contribution in [3.05, 3.63) is 44.0 Å². The first-order chi connectivity index (χ1) is 6.21. The molecule has 0 spiro atoms. The molecule has 13 heavy (non-hydrogen) atoms. The first-order valence-corrected chi connectivity index (χ1v) is 13.3. The summed E-state index contributed by atoms with van der Waals surface area (Å²) in [5, 5.41) is 2.43. The first-order valence-electron chi connectivity index (χ1n) is 4.64. The molecule has 0 heterocycles. The van der Waals surface area contributed by atoms with Crippen molar-refractivity contribution in [1.82, 2.24) is 0 Å². The molecule has 0 nitrogen and oxygen atoms in total. The molecule has 0 aromatic heterocycles. The number of rotatable bonds is 2. The fourth-order valence-electron chi connectivity index (χ4n) is 1.79. The second-order valence-electron chi connectivity index (χ2n) is 3.77. The molecular formula is C12H15Ta. The molecule has 2 aliphatic carbocycles. The summed E-state index contributed by atoms with van der Waals surface area (Å²) in [5.74, 6) is 0. The minimum atomic E-state index is -2.31. The summed E-state index contributed by atoms with van der Waals surface area (Å²) in [5.41, 5.74) is 0. The zero-order valence-electron chi connectivity index (χ0n) is 8.03. The van der Waals surface area contributed by atoms with Crippen LogP contribution in [0.25, 0.3) is 0 Å². The van der Waals surface area contributed by atoms with E-state index >= 15 is 0 Å². The summed E-state index contributed by atoms with van der Waals surface area (Å²) in [6.45, 7) is 0. The van der Waals surface area contributed by atoms with E-state index in [1.165, 1.54) is 0 Å². The van der Waals surface area contributed by atoms with Crippen LogP contribution in [-0.2, 0) is 16.7 Å². The Hall–Kier alpha value is -0.430. The van der Waals surface area contributed by atoms with E-state index in [0.717, 1.165) is 12.8 Å². The topological polar surface area (TPSA) is 0 Å². The summed E-state index contributed by atoms with van der Waals surface area (Å²) in [6, 6.07) is 0. The minimum absolute atomic E-state index is 1.16. The van der Waals surface area contributed by atoms with Crippen LogP contribution in [0, 0.1) is 0 Å². The van der Waals surface area contributed by atoms with E-state index < -0.39 is 16.7 Å². The van der Waals surface area contributed by atoms with Crippen LogP contribution in [-0.4, -0.2) is 4.73 Å². The third kappa shape index (κ3) is 1.62. The van der Waals surface area contributed by atoms with Crippen LogP contribution in [0.1, 0.15) is 12.8 Å². The van der Waals surface area contributed by atoms with Gasteiger partial charge < -0.3 is 0 Å². The predicted octanol–water partition coefficient (Wildman–Crippen LogP) is 3.31. The number of hydrogen-bond donors (Lipinski definition) is 0. The van der Waals surface area contributed by atoms with Gasteiger partial charge in [0.15, 0.2) is 0 Å². The molecule has 0 unspecified atom stereocenters. The van der Waals surface area contributed by atoms with Crippen LogP contribution in [0.15, 0.2) is 44.0 Å². The van der Waals surface area contributed by atoms with Gasteiger partial charge in [-0.1, -0.05) is 0 Å². The Morgan fingerprint density at radius 1 is 1.08 bits per heavy atom. The molecule has 0 aromatic carbocycles. The Kier molecular flexibility index (Phi) is 2.37. The monoisotopic (exact) mass is 340 g/mol. The van der Waals surface area contributed by atoms with Crippen LogP contribution in [0.5, 0.6) is 0 Å². The Labute approximate surface area is 83.4 Å². The van der Waals surface area contributed by atoms with Crippen LogP contribution in [0.4, 0.5) is 0 Å². The predicted molar refractivity (Wildman–Crippen MR) is 56.7 cm³/mol. The van der Waals surface area contributed by atoms with Crippen molar-refractivity contribution in [3.8, 4) is 0 Å². The van der Waals surface area contributed by atoms with E-state index in [1.54, 1.807) is 7.58 Å². The van der Waals surface area contributed by atoms with Crippen molar-refractivity contribution in [2.24, 2.45) is 0 Å². The molecule has 0 N–H and O–H groups in total. The van der Waals surface area contributed by atoms with Crippen LogP contribution in [0.3, 0.4) is 0 Å². The molecule has 0 amide bonds. The van der Waals surface area contributed by atoms with Gasteiger partial charge in [-0.3, -0.25) is 0 Å². The van der Waals surface area contributed by atoms with E-state index in [9.17, 15) is 0 Å². The second-order valence-corrected chi connectivity index (χ2v) is 16.5. The molecule has 0 saturated heterocycles. The summed E-state index contributed by atoms with van der Waals surface area (Å²) in [7, 11) is 0.